The Kier molecular flexibility index (Phi) is 7.57. The summed E-state index contributed by atoms with van der Waals surface area (Å²) >= 11 is 0. The minimum Gasteiger partial charge on any atom is -0.497 e. The molecule has 37 heavy (non-hydrogen) atoms. The average molecular weight is 508 g/mol. The molecule has 1 heterocycles. The van der Waals surface area contributed by atoms with Gasteiger partial charge in [-0.1, -0.05) is 0 Å². The van der Waals surface area contributed by atoms with Gasteiger partial charge in [-0.05, 0) is 61.4 Å². The number of benzene rings is 3. The Labute approximate surface area is 212 Å². The number of carbonyl (C=O) groups excluding carboxylic acids is 1. The van der Waals surface area contributed by atoms with Gasteiger partial charge in [0, 0.05) is 23.4 Å². The number of nitrogens with one attached hydrogen (secondary N) is 2. The zero-order valence-electron chi connectivity index (χ0n) is 20.8. The van der Waals surface area contributed by atoms with Crippen molar-refractivity contribution in [2.45, 2.75) is 13.8 Å². The van der Waals surface area contributed by atoms with Crippen molar-refractivity contribution >= 4 is 22.7 Å². The van der Waals surface area contributed by atoms with Crippen LogP contribution < -0.4 is 25.1 Å². The van der Waals surface area contributed by atoms with Gasteiger partial charge in [0.15, 0.2) is 0 Å². The number of amides is 1. The number of methoxy groups -OCH3 is 2. The quantitative estimate of drug-likeness (QED) is 0.323. The smallest absolute Gasteiger partial charge is 0.411 e. The Hall–Kier alpha value is -4.60. The summed E-state index contributed by atoms with van der Waals surface area (Å²) in [6, 6.07) is 12.4. The van der Waals surface area contributed by atoms with E-state index in [4.69, 9.17) is 18.9 Å². The summed E-state index contributed by atoms with van der Waals surface area (Å²) < 4.78 is 34.6. The van der Waals surface area contributed by atoms with Crippen LogP contribution in [0.2, 0.25) is 0 Å². The monoisotopic (exact) mass is 507 g/mol. The molecule has 0 fully saturated rings. The molecule has 3 aromatic carbocycles. The number of halogens is 1. The highest BCUT2D eigenvalue weighted by atomic mass is 19.1. The normalized spacial score (nSPS) is 10.7. The molecule has 0 saturated carbocycles. The van der Waals surface area contributed by atoms with Crippen LogP contribution in [-0.2, 0) is 4.74 Å². The minimum atomic E-state index is -0.668. The fourth-order valence-corrected chi connectivity index (χ4v) is 3.91. The number of fused-ring (bicyclic) bond motifs is 1. The van der Waals surface area contributed by atoms with Crippen molar-refractivity contribution in [2.75, 3.05) is 32.8 Å². The van der Waals surface area contributed by atoms with Crippen molar-refractivity contribution < 1.29 is 28.1 Å². The molecule has 0 saturated heterocycles. The highest BCUT2D eigenvalue weighted by Crippen LogP contribution is 2.31. The second kappa shape index (κ2) is 11.0. The molecule has 0 aliphatic heterocycles. The molecule has 4 aromatic rings. The van der Waals surface area contributed by atoms with E-state index in [1.165, 1.54) is 38.5 Å². The van der Waals surface area contributed by atoms with Gasteiger partial charge in [0.05, 0.1) is 19.7 Å². The Morgan fingerprint density at radius 2 is 1.70 bits per heavy atom. The second-order valence-electron chi connectivity index (χ2n) is 8.19. The largest absolute Gasteiger partial charge is 0.497 e. The Morgan fingerprint density at radius 3 is 2.35 bits per heavy atom. The predicted octanol–water partition coefficient (Wildman–Crippen LogP) is 4.99. The summed E-state index contributed by atoms with van der Waals surface area (Å²) in [6.07, 6.45) is -0.668. The lowest BCUT2D eigenvalue weighted by Crippen LogP contribution is -2.18. The van der Waals surface area contributed by atoms with Gasteiger partial charge in [-0.25, -0.2) is 14.2 Å². The van der Waals surface area contributed by atoms with Crippen molar-refractivity contribution in [1.82, 2.24) is 9.97 Å². The van der Waals surface area contributed by atoms with Crippen LogP contribution in [0.25, 0.3) is 22.3 Å². The zero-order chi connectivity index (χ0) is 26.5. The van der Waals surface area contributed by atoms with Crippen LogP contribution in [0, 0.1) is 19.7 Å². The molecule has 1 amide bonds. The first-order valence-corrected chi connectivity index (χ1v) is 11.4. The number of nitrogens with zero attached hydrogens (tertiary/aromatic N) is 1. The third kappa shape index (κ3) is 5.80. The van der Waals surface area contributed by atoms with E-state index in [0.29, 0.717) is 45.2 Å². The van der Waals surface area contributed by atoms with Crippen molar-refractivity contribution in [3.8, 4) is 28.6 Å². The number of aromatic amines is 1. The molecule has 0 aliphatic carbocycles. The van der Waals surface area contributed by atoms with Crippen molar-refractivity contribution in [1.29, 1.82) is 0 Å². The van der Waals surface area contributed by atoms with E-state index in [0.717, 1.165) is 11.1 Å². The maximum Gasteiger partial charge on any atom is 0.411 e. The Bertz CT molecular complexity index is 1480. The fourth-order valence-electron chi connectivity index (χ4n) is 3.91. The lowest BCUT2D eigenvalue weighted by Gasteiger charge is -2.15. The molecule has 1 aromatic heterocycles. The van der Waals surface area contributed by atoms with Crippen LogP contribution in [0.5, 0.6) is 17.2 Å². The molecule has 192 valence electrons. The molecule has 0 bridgehead atoms. The number of anilines is 1. The minimum absolute atomic E-state index is 0.0108. The van der Waals surface area contributed by atoms with Gasteiger partial charge in [-0.3, -0.25) is 10.1 Å². The first-order valence-electron chi connectivity index (χ1n) is 11.4. The fraction of sp³-hybridized carbons (Fsp3) is 0.222. The van der Waals surface area contributed by atoms with Gasteiger partial charge in [0.25, 0.3) is 5.56 Å². The topological polar surface area (TPSA) is 112 Å². The van der Waals surface area contributed by atoms with Crippen molar-refractivity contribution in [3.63, 3.8) is 0 Å². The standard InChI is InChI=1S/C27H26FN3O6/c1-15-11-17(25-30-21-13-20(34-3)14-22(35-4)23(21)26(32)31-25)12-16(2)24(15)36-9-10-37-27(33)29-19-7-5-18(28)6-8-19/h5-8,11-14H,9-10H2,1-4H3,(H,29,33)(H,30,31,32). The van der Waals surface area contributed by atoms with Crippen LogP contribution in [0.1, 0.15) is 11.1 Å². The second-order valence-corrected chi connectivity index (χ2v) is 8.19. The summed E-state index contributed by atoms with van der Waals surface area (Å²) in [5, 5.41) is 2.85. The molecule has 0 spiro atoms. The van der Waals surface area contributed by atoms with Gasteiger partial charge in [-0.15, -0.1) is 0 Å². The van der Waals surface area contributed by atoms with E-state index in [1.807, 2.05) is 26.0 Å². The average Bonchev–Trinajstić information content (AvgIpc) is 2.88. The number of aromatic nitrogens is 2. The molecule has 0 atom stereocenters. The highest BCUT2D eigenvalue weighted by Gasteiger charge is 2.15. The number of hydrogen-bond acceptors (Lipinski definition) is 7. The third-order valence-corrected chi connectivity index (χ3v) is 5.59. The maximum absolute atomic E-state index is 13.0. The maximum atomic E-state index is 13.0. The van der Waals surface area contributed by atoms with E-state index in [-0.39, 0.29) is 18.8 Å². The molecular formula is C27H26FN3O6. The Morgan fingerprint density at radius 1 is 1.00 bits per heavy atom. The number of rotatable bonds is 8. The molecule has 0 unspecified atom stereocenters. The van der Waals surface area contributed by atoms with E-state index in [2.05, 4.69) is 15.3 Å². The number of ether oxygens (including phenoxy) is 4. The number of H-pyrrole nitrogens is 1. The third-order valence-electron chi connectivity index (χ3n) is 5.59. The Balaban J connectivity index is 1.46. The van der Waals surface area contributed by atoms with Crippen LogP contribution in [0.15, 0.2) is 53.3 Å². The van der Waals surface area contributed by atoms with Crippen LogP contribution >= 0.6 is 0 Å². The van der Waals surface area contributed by atoms with E-state index in [9.17, 15) is 14.0 Å². The number of aryl methyl sites for hydroxylation is 2. The van der Waals surface area contributed by atoms with Gasteiger partial charge in [0.2, 0.25) is 0 Å². The van der Waals surface area contributed by atoms with Gasteiger partial charge < -0.3 is 23.9 Å². The van der Waals surface area contributed by atoms with Gasteiger partial charge in [-0.2, -0.15) is 0 Å². The molecule has 10 heteroatoms. The molecule has 2 N–H and O–H groups in total. The lowest BCUT2D eigenvalue weighted by atomic mass is 10.0. The predicted molar refractivity (Wildman–Crippen MR) is 137 cm³/mol. The van der Waals surface area contributed by atoms with Gasteiger partial charge in [0.1, 0.15) is 47.5 Å². The molecule has 0 aliphatic rings. The van der Waals surface area contributed by atoms with E-state index < -0.39 is 11.9 Å². The summed E-state index contributed by atoms with van der Waals surface area (Å²) in [5.74, 6) is 1.54. The zero-order valence-corrected chi connectivity index (χ0v) is 20.8. The van der Waals surface area contributed by atoms with Gasteiger partial charge >= 0.3 is 6.09 Å². The summed E-state index contributed by atoms with van der Waals surface area (Å²) in [7, 11) is 3.01. The van der Waals surface area contributed by atoms with E-state index >= 15 is 0 Å². The van der Waals surface area contributed by atoms with Crippen molar-refractivity contribution in [3.05, 3.63) is 75.8 Å². The first-order chi connectivity index (χ1) is 17.8. The van der Waals surface area contributed by atoms with Crippen LogP contribution in [-0.4, -0.2) is 43.5 Å². The molecule has 0 radical (unpaired) electrons. The van der Waals surface area contributed by atoms with Crippen LogP contribution in [0.4, 0.5) is 14.9 Å². The number of carbonyl (C=O) groups is 1. The summed E-state index contributed by atoms with van der Waals surface area (Å²) in [4.78, 5) is 32.2. The summed E-state index contributed by atoms with van der Waals surface area (Å²) in [5.41, 5.74) is 2.88. The SMILES string of the molecule is COc1cc(OC)c2c(=O)[nH]c(-c3cc(C)c(OCCOC(=O)Nc4ccc(F)cc4)c(C)c3)nc2c1. The molecule has 9 nitrogen and oxygen atoms in total. The summed E-state index contributed by atoms with van der Waals surface area (Å²) in [6.45, 7) is 3.89. The van der Waals surface area contributed by atoms with E-state index in [1.54, 1.807) is 12.1 Å². The van der Waals surface area contributed by atoms with Crippen molar-refractivity contribution in [2.24, 2.45) is 0 Å². The lowest BCUT2D eigenvalue weighted by molar-refractivity contribution is 0.137. The highest BCUT2D eigenvalue weighted by molar-refractivity contribution is 5.87. The first kappa shape index (κ1) is 25.5. The number of hydrogen-bond donors (Lipinski definition) is 2. The molecular weight excluding hydrogens is 481 g/mol. The molecule has 4 rings (SSSR count). The van der Waals surface area contributed by atoms with Crippen LogP contribution in [0.3, 0.4) is 0 Å².